The second-order valence-electron chi connectivity index (χ2n) is 5.13. The van der Waals surface area contributed by atoms with E-state index in [1.165, 1.54) is 64.2 Å². The molecule has 1 unspecified atom stereocenters. The second kappa shape index (κ2) is 14.3. The topological polar surface area (TPSA) is 20.2 Å². The maximum atomic E-state index is 9.27. The highest BCUT2D eigenvalue weighted by Crippen LogP contribution is 2.12. The summed E-state index contributed by atoms with van der Waals surface area (Å²) in [6.45, 7) is 2.27. The van der Waals surface area contributed by atoms with Crippen LogP contribution in [0.2, 0.25) is 0 Å². The summed E-state index contributed by atoms with van der Waals surface area (Å²) in [5, 5.41) is 9.27. The van der Waals surface area contributed by atoms with Gasteiger partial charge in [0.25, 0.3) is 0 Å². The van der Waals surface area contributed by atoms with Crippen molar-refractivity contribution in [2.24, 2.45) is 0 Å². The standard InChI is InChI=1S/C15H31ClO/c1-2-3-4-5-6-7-8-9-10-11-12-13-15(17)14-16/h15,17H,2-14H2,1H3. The lowest BCUT2D eigenvalue weighted by Crippen LogP contribution is -2.07. The molecule has 0 heterocycles. The Balaban J connectivity index is 2.94. The van der Waals surface area contributed by atoms with E-state index in [1.54, 1.807) is 0 Å². The van der Waals surface area contributed by atoms with Crippen molar-refractivity contribution in [2.75, 3.05) is 5.88 Å². The Kier molecular flexibility index (Phi) is 14.5. The van der Waals surface area contributed by atoms with Crippen LogP contribution in [0.4, 0.5) is 0 Å². The molecule has 0 aromatic rings. The average molecular weight is 263 g/mol. The van der Waals surface area contributed by atoms with Gasteiger partial charge in [-0.2, -0.15) is 0 Å². The summed E-state index contributed by atoms with van der Waals surface area (Å²) in [6, 6.07) is 0. The Bertz CT molecular complexity index is 139. The highest BCUT2D eigenvalue weighted by atomic mass is 35.5. The normalized spacial score (nSPS) is 12.9. The van der Waals surface area contributed by atoms with Crippen molar-refractivity contribution >= 4 is 11.6 Å². The van der Waals surface area contributed by atoms with E-state index in [1.807, 2.05) is 0 Å². The number of hydrogen-bond acceptors (Lipinski definition) is 1. The average Bonchev–Trinajstić information content (AvgIpc) is 2.35. The van der Waals surface area contributed by atoms with Crippen LogP contribution in [0.5, 0.6) is 0 Å². The first-order valence-electron chi connectivity index (χ1n) is 7.55. The van der Waals surface area contributed by atoms with Crippen LogP contribution in [-0.2, 0) is 0 Å². The third-order valence-corrected chi connectivity index (χ3v) is 3.68. The van der Waals surface area contributed by atoms with Gasteiger partial charge in [-0.1, -0.05) is 77.6 Å². The minimum atomic E-state index is -0.282. The molecule has 1 N–H and O–H groups in total. The van der Waals surface area contributed by atoms with E-state index in [0.29, 0.717) is 5.88 Å². The summed E-state index contributed by atoms with van der Waals surface area (Å²) >= 11 is 5.54. The number of aliphatic hydroxyl groups excluding tert-OH is 1. The fourth-order valence-electron chi connectivity index (χ4n) is 2.12. The molecule has 0 aliphatic heterocycles. The molecule has 0 spiro atoms. The van der Waals surface area contributed by atoms with Crippen molar-refractivity contribution in [3.05, 3.63) is 0 Å². The Hall–Kier alpha value is 0.250. The van der Waals surface area contributed by atoms with E-state index in [-0.39, 0.29) is 6.10 Å². The molecule has 2 heteroatoms. The summed E-state index contributed by atoms with van der Waals surface area (Å²) in [4.78, 5) is 0. The lowest BCUT2D eigenvalue weighted by atomic mass is 10.0. The summed E-state index contributed by atoms with van der Waals surface area (Å²) in [5.74, 6) is 0.387. The zero-order chi connectivity index (χ0) is 12.8. The summed E-state index contributed by atoms with van der Waals surface area (Å²) < 4.78 is 0. The van der Waals surface area contributed by atoms with Crippen LogP contribution >= 0.6 is 11.6 Å². The Morgan fingerprint density at radius 3 is 1.59 bits per heavy atom. The maximum Gasteiger partial charge on any atom is 0.0675 e. The van der Waals surface area contributed by atoms with Crippen molar-refractivity contribution in [2.45, 2.75) is 90.1 Å². The third kappa shape index (κ3) is 14.2. The van der Waals surface area contributed by atoms with Gasteiger partial charge >= 0.3 is 0 Å². The molecule has 0 aromatic heterocycles. The largest absolute Gasteiger partial charge is 0.392 e. The van der Waals surface area contributed by atoms with Gasteiger partial charge in [-0.15, -0.1) is 11.6 Å². The van der Waals surface area contributed by atoms with E-state index in [9.17, 15) is 5.11 Å². The van der Waals surface area contributed by atoms with Crippen LogP contribution in [0.1, 0.15) is 84.0 Å². The fourth-order valence-corrected chi connectivity index (χ4v) is 2.28. The minimum Gasteiger partial charge on any atom is -0.392 e. The number of halogens is 1. The molecule has 0 fully saturated rings. The molecule has 0 aliphatic rings. The van der Waals surface area contributed by atoms with Crippen LogP contribution in [-0.4, -0.2) is 17.1 Å². The number of unbranched alkanes of at least 4 members (excludes halogenated alkanes) is 10. The zero-order valence-electron chi connectivity index (χ0n) is 11.6. The molecule has 0 radical (unpaired) electrons. The molecule has 0 rings (SSSR count). The minimum absolute atomic E-state index is 0.282. The SMILES string of the molecule is CCCCCCCCCCCCCC(O)CCl. The highest BCUT2D eigenvalue weighted by Gasteiger charge is 2.00. The van der Waals surface area contributed by atoms with Gasteiger partial charge in [0.15, 0.2) is 0 Å². The van der Waals surface area contributed by atoms with Gasteiger partial charge in [0.05, 0.1) is 6.10 Å². The molecule has 0 amide bonds. The number of rotatable bonds is 13. The number of alkyl halides is 1. The lowest BCUT2D eigenvalue weighted by Gasteiger charge is -2.06. The quantitative estimate of drug-likeness (QED) is 0.353. The fraction of sp³-hybridized carbons (Fsp3) is 1.00. The molecule has 0 saturated heterocycles. The van der Waals surface area contributed by atoms with Gasteiger partial charge in [-0.25, -0.2) is 0 Å². The monoisotopic (exact) mass is 262 g/mol. The van der Waals surface area contributed by atoms with E-state index in [4.69, 9.17) is 11.6 Å². The van der Waals surface area contributed by atoms with E-state index >= 15 is 0 Å². The molecule has 1 nitrogen and oxygen atoms in total. The predicted molar refractivity (Wildman–Crippen MR) is 77.8 cm³/mol. The molecular weight excluding hydrogens is 232 g/mol. The smallest absolute Gasteiger partial charge is 0.0675 e. The molecule has 0 aromatic carbocycles. The Morgan fingerprint density at radius 2 is 1.18 bits per heavy atom. The maximum absolute atomic E-state index is 9.27. The predicted octanol–water partition coefficient (Wildman–Crippen LogP) is 5.29. The molecule has 17 heavy (non-hydrogen) atoms. The first kappa shape index (κ1) is 17.2. The van der Waals surface area contributed by atoms with Crippen molar-refractivity contribution in [1.29, 1.82) is 0 Å². The van der Waals surface area contributed by atoms with Crippen molar-refractivity contribution in [3.63, 3.8) is 0 Å². The van der Waals surface area contributed by atoms with Crippen LogP contribution in [0.25, 0.3) is 0 Å². The second-order valence-corrected chi connectivity index (χ2v) is 5.44. The molecular formula is C15H31ClO. The lowest BCUT2D eigenvalue weighted by molar-refractivity contribution is 0.183. The van der Waals surface area contributed by atoms with E-state index in [2.05, 4.69) is 6.92 Å². The van der Waals surface area contributed by atoms with Crippen molar-refractivity contribution in [1.82, 2.24) is 0 Å². The summed E-state index contributed by atoms with van der Waals surface area (Å²) in [5.41, 5.74) is 0. The number of hydrogen-bond donors (Lipinski definition) is 1. The highest BCUT2D eigenvalue weighted by molar-refractivity contribution is 6.18. The van der Waals surface area contributed by atoms with Crippen LogP contribution in [0.15, 0.2) is 0 Å². The summed E-state index contributed by atoms with van der Waals surface area (Å²) in [7, 11) is 0. The summed E-state index contributed by atoms with van der Waals surface area (Å²) in [6.07, 6.45) is 15.5. The van der Waals surface area contributed by atoms with Gasteiger partial charge in [0, 0.05) is 5.88 Å². The number of aliphatic hydroxyl groups is 1. The third-order valence-electron chi connectivity index (χ3n) is 3.32. The zero-order valence-corrected chi connectivity index (χ0v) is 12.4. The molecule has 1 atom stereocenters. The van der Waals surface area contributed by atoms with Gasteiger partial charge < -0.3 is 5.11 Å². The van der Waals surface area contributed by atoms with Gasteiger partial charge in [-0.05, 0) is 6.42 Å². The molecule has 0 aliphatic carbocycles. The first-order valence-corrected chi connectivity index (χ1v) is 8.08. The van der Waals surface area contributed by atoms with Crippen LogP contribution in [0, 0.1) is 0 Å². The van der Waals surface area contributed by atoms with Crippen molar-refractivity contribution < 1.29 is 5.11 Å². The Morgan fingerprint density at radius 1 is 0.765 bits per heavy atom. The van der Waals surface area contributed by atoms with Crippen LogP contribution < -0.4 is 0 Å². The van der Waals surface area contributed by atoms with Crippen molar-refractivity contribution in [3.8, 4) is 0 Å². The molecule has 0 bridgehead atoms. The van der Waals surface area contributed by atoms with E-state index in [0.717, 1.165) is 12.8 Å². The van der Waals surface area contributed by atoms with Gasteiger partial charge in [0.1, 0.15) is 0 Å². The van der Waals surface area contributed by atoms with E-state index < -0.39 is 0 Å². The van der Waals surface area contributed by atoms with Gasteiger partial charge in [-0.3, -0.25) is 0 Å². The van der Waals surface area contributed by atoms with Gasteiger partial charge in [0.2, 0.25) is 0 Å². The molecule has 0 saturated carbocycles. The Labute approximate surface area is 113 Å². The first-order chi connectivity index (χ1) is 8.31. The van der Waals surface area contributed by atoms with Crippen LogP contribution in [0.3, 0.4) is 0 Å². The molecule has 104 valence electrons.